The molecule has 0 radical (unpaired) electrons. The average Bonchev–Trinajstić information content (AvgIpc) is 2.37. The highest BCUT2D eigenvalue weighted by Crippen LogP contribution is 2.15. The molecule has 0 bridgehead atoms. The maximum Gasteiger partial charge on any atom is 0.224 e. The van der Waals surface area contributed by atoms with E-state index in [4.69, 9.17) is 9.84 Å². The number of rotatable bonds is 5. The van der Waals surface area contributed by atoms with Crippen molar-refractivity contribution in [1.29, 1.82) is 0 Å². The highest BCUT2D eigenvalue weighted by atomic mass is 16.5. The van der Waals surface area contributed by atoms with E-state index in [0.29, 0.717) is 13.0 Å². The maximum absolute atomic E-state index is 11.8. The van der Waals surface area contributed by atoms with Crippen molar-refractivity contribution in [2.24, 2.45) is 5.92 Å². The molecule has 0 saturated heterocycles. The van der Waals surface area contributed by atoms with Crippen LogP contribution in [0, 0.1) is 24.7 Å². The number of benzene rings is 1. The standard InChI is InChI=1S/C16H21NO3/c1-12(11-20-3)9-16(19)17-15-7-6-14(5-4-8-18)13(2)10-15/h6-7,10,12,18H,8-9,11H2,1-3H3,(H,17,19). The third-order valence-corrected chi connectivity index (χ3v) is 2.80. The summed E-state index contributed by atoms with van der Waals surface area (Å²) in [5, 5.41) is 11.5. The molecule has 20 heavy (non-hydrogen) atoms. The fraction of sp³-hybridized carbons (Fsp3) is 0.438. The molecule has 0 fully saturated rings. The summed E-state index contributed by atoms with van der Waals surface area (Å²) >= 11 is 0. The average molecular weight is 275 g/mol. The first-order chi connectivity index (χ1) is 9.56. The number of hydrogen-bond acceptors (Lipinski definition) is 3. The number of aliphatic hydroxyl groups is 1. The number of hydrogen-bond donors (Lipinski definition) is 2. The summed E-state index contributed by atoms with van der Waals surface area (Å²) in [5.41, 5.74) is 2.57. The van der Waals surface area contributed by atoms with Gasteiger partial charge in [-0.05, 0) is 36.6 Å². The molecule has 0 aliphatic rings. The summed E-state index contributed by atoms with van der Waals surface area (Å²) in [6, 6.07) is 5.53. The van der Waals surface area contributed by atoms with Crippen molar-refractivity contribution in [3.05, 3.63) is 29.3 Å². The third kappa shape index (κ3) is 5.43. The van der Waals surface area contributed by atoms with Crippen molar-refractivity contribution >= 4 is 11.6 Å². The van der Waals surface area contributed by atoms with Crippen LogP contribution in [-0.4, -0.2) is 31.3 Å². The summed E-state index contributed by atoms with van der Waals surface area (Å²) in [4.78, 5) is 11.8. The molecule has 0 heterocycles. The van der Waals surface area contributed by atoms with E-state index in [1.54, 1.807) is 7.11 Å². The molecule has 0 spiro atoms. The summed E-state index contributed by atoms with van der Waals surface area (Å²) < 4.78 is 5.01. The Bertz CT molecular complexity index is 514. The van der Waals surface area contributed by atoms with Gasteiger partial charge in [-0.15, -0.1) is 0 Å². The number of aryl methyl sites for hydroxylation is 1. The second-order valence-corrected chi connectivity index (χ2v) is 4.80. The minimum Gasteiger partial charge on any atom is -0.384 e. The molecule has 1 aromatic carbocycles. The fourth-order valence-corrected chi connectivity index (χ4v) is 1.89. The SMILES string of the molecule is COCC(C)CC(=O)Nc1ccc(C#CCO)c(C)c1. The zero-order chi connectivity index (χ0) is 15.0. The molecular formula is C16H21NO3. The molecular weight excluding hydrogens is 254 g/mol. The van der Waals surface area contributed by atoms with Crippen LogP contribution in [0.25, 0.3) is 0 Å². The number of methoxy groups -OCH3 is 1. The Morgan fingerprint density at radius 3 is 2.85 bits per heavy atom. The topological polar surface area (TPSA) is 58.6 Å². The Morgan fingerprint density at radius 2 is 2.25 bits per heavy atom. The van der Waals surface area contributed by atoms with E-state index >= 15 is 0 Å². The van der Waals surface area contributed by atoms with E-state index in [1.165, 1.54) is 0 Å². The van der Waals surface area contributed by atoms with Gasteiger partial charge in [0.15, 0.2) is 0 Å². The van der Waals surface area contributed by atoms with Gasteiger partial charge in [0.25, 0.3) is 0 Å². The van der Waals surface area contributed by atoms with Crippen LogP contribution in [0.15, 0.2) is 18.2 Å². The normalized spacial score (nSPS) is 11.4. The molecule has 1 atom stereocenters. The molecule has 108 valence electrons. The van der Waals surface area contributed by atoms with Crippen molar-refractivity contribution < 1.29 is 14.6 Å². The van der Waals surface area contributed by atoms with E-state index in [0.717, 1.165) is 16.8 Å². The van der Waals surface area contributed by atoms with Gasteiger partial charge in [0.2, 0.25) is 5.91 Å². The fourth-order valence-electron chi connectivity index (χ4n) is 1.89. The van der Waals surface area contributed by atoms with Crippen LogP contribution >= 0.6 is 0 Å². The molecule has 0 saturated carbocycles. The number of nitrogens with one attached hydrogen (secondary N) is 1. The van der Waals surface area contributed by atoms with Crippen molar-refractivity contribution in [2.45, 2.75) is 20.3 Å². The van der Waals surface area contributed by atoms with Gasteiger partial charge in [0.1, 0.15) is 6.61 Å². The van der Waals surface area contributed by atoms with E-state index in [-0.39, 0.29) is 18.4 Å². The Labute approximate surface area is 120 Å². The van der Waals surface area contributed by atoms with Crippen LogP contribution in [0.3, 0.4) is 0 Å². The predicted molar refractivity (Wildman–Crippen MR) is 79.4 cm³/mol. The van der Waals surface area contributed by atoms with Crippen molar-refractivity contribution in [3.8, 4) is 11.8 Å². The van der Waals surface area contributed by atoms with Crippen LogP contribution in [0.2, 0.25) is 0 Å². The second kappa shape index (κ2) is 8.36. The van der Waals surface area contributed by atoms with Crippen LogP contribution in [0.1, 0.15) is 24.5 Å². The van der Waals surface area contributed by atoms with Crippen molar-refractivity contribution in [3.63, 3.8) is 0 Å². The first kappa shape index (κ1) is 16.2. The van der Waals surface area contributed by atoms with Gasteiger partial charge < -0.3 is 15.2 Å². The second-order valence-electron chi connectivity index (χ2n) is 4.80. The minimum atomic E-state index is -0.157. The quantitative estimate of drug-likeness (QED) is 0.808. The smallest absolute Gasteiger partial charge is 0.224 e. The van der Waals surface area contributed by atoms with Gasteiger partial charge in [0.05, 0.1) is 0 Å². The van der Waals surface area contributed by atoms with Gasteiger partial charge in [-0.1, -0.05) is 18.8 Å². The summed E-state index contributed by atoms with van der Waals surface area (Å²) in [5.74, 6) is 5.64. The molecule has 0 aliphatic heterocycles. The van der Waals surface area contributed by atoms with Crippen LogP contribution < -0.4 is 5.32 Å². The van der Waals surface area contributed by atoms with Crippen LogP contribution in [-0.2, 0) is 9.53 Å². The molecule has 1 aromatic rings. The van der Waals surface area contributed by atoms with E-state index in [2.05, 4.69) is 17.2 Å². The summed E-state index contributed by atoms with van der Waals surface area (Å²) in [7, 11) is 1.63. The Hall–Kier alpha value is -1.83. The molecule has 1 unspecified atom stereocenters. The van der Waals surface area contributed by atoms with Gasteiger partial charge in [-0.25, -0.2) is 0 Å². The number of carbonyl (C=O) groups is 1. The molecule has 4 heteroatoms. The predicted octanol–water partition coefficient (Wildman–Crippen LogP) is 1.95. The van der Waals surface area contributed by atoms with Crippen molar-refractivity contribution in [1.82, 2.24) is 0 Å². The van der Waals surface area contributed by atoms with Gasteiger partial charge in [-0.3, -0.25) is 4.79 Å². The zero-order valence-corrected chi connectivity index (χ0v) is 12.2. The number of ether oxygens (including phenoxy) is 1. The lowest BCUT2D eigenvalue weighted by Crippen LogP contribution is -2.17. The molecule has 0 aliphatic carbocycles. The van der Waals surface area contributed by atoms with E-state index in [1.807, 2.05) is 32.0 Å². The number of carbonyl (C=O) groups excluding carboxylic acids is 1. The lowest BCUT2D eigenvalue weighted by atomic mass is 10.1. The molecule has 1 amide bonds. The maximum atomic E-state index is 11.8. The van der Waals surface area contributed by atoms with Gasteiger partial charge >= 0.3 is 0 Å². The Kier molecular flexibility index (Phi) is 6.78. The zero-order valence-electron chi connectivity index (χ0n) is 12.2. The van der Waals surface area contributed by atoms with Gasteiger partial charge in [-0.2, -0.15) is 0 Å². The summed E-state index contributed by atoms with van der Waals surface area (Å²) in [6.45, 7) is 4.31. The largest absolute Gasteiger partial charge is 0.384 e. The first-order valence-electron chi connectivity index (χ1n) is 6.56. The lowest BCUT2D eigenvalue weighted by molar-refractivity contribution is -0.117. The molecule has 4 nitrogen and oxygen atoms in total. The Balaban J connectivity index is 2.65. The molecule has 2 N–H and O–H groups in total. The molecule has 1 rings (SSSR count). The first-order valence-corrected chi connectivity index (χ1v) is 6.56. The number of amides is 1. The highest BCUT2D eigenvalue weighted by molar-refractivity contribution is 5.91. The number of anilines is 1. The number of aliphatic hydroxyl groups excluding tert-OH is 1. The van der Waals surface area contributed by atoms with Crippen molar-refractivity contribution in [2.75, 3.05) is 25.6 Å². The minimum absolute atomic E-state index is 0.0249. The molecule has 0 aromatic heterocycles. The van der Waals surface area contributed by atoms with E-state index in [9.17, 15) is 4.79 Å². The third-order valence-electron chi connectivity index (χ3n) is 2.80. The Morgan fingerprint density at radius 1 is 1.50 bits per heavy atom. The highest BCUT2D eigenvalue weighted by Gasteiger charge is 2.09. The van der Waals surface area contributed by atoms with E-state index < -0.39 is 0 Å². The van der Waals surface area contributed by atoms with Crippen LogP contribution in [0.4, 0.5) is 5.69 Å². The summed E-state index contributed by atoms with van der Waals surface area (Å²) in [6.07, 6.45) is 0.430. The monoisotopic (exact) mass is 275 g/mol. The lowest BCUT2D eigenvalue weighted by Gasteiger charge is -2.11. The van der Waals surface area contributed by atoms with Crippen LogP contribution in [0.5, 0.6) is 0 Å². The van der Waals surface area contributed by atoms with Gasteiger partial charge in [0, 0.05) is 31.4 Å².